The van der Waals surface area contributed by atoms with E-state index in [1.807, 2.05) is 48.5 Å². The monoisotopic (exact) mass is 344 g/mol. The van der Waals surface area contributed by atoms with Crippen molar-refractivity contribution in [1.29, 1.82) is 0 Å². The Morgan fingerprint density at radius 2 is 1.71 bits per heavy atom. The number of ether oxygens (including phenoxy) is 1. The van der Waals surface area contributed by atoms with Crippen LogP contribution in [-0.2, 0) is 0 Å². The van der Waals surface area contributed by atoms with Crippen LogP contribution in [-0.4, -0.2) is 18.0 Å². The molecule has 0 aliphatic carbocycles. The first-order valence-corrected chi connectivity index (χ1v) is 8.36. The van der Waals surface area contributed by atoms with Gasteiger partial charge in [-0.2, -0.15) is 0 Å². The Labute approximate surface area is 147 Å². The van der Waals surface area contributed by atoms with E-state index < -0.39 is 0 Å². The van der Waals surface area contributed by atoms with Crippen LogP contribution in [0.25, 0.3) is 0 Å². The maximum atomic E-state index is 9.44. The van der Waals surface area contributed by atoms with Gasteiger partial charge in [0.15, 0.2) is 0 Å². The zero-order valence-corrected chi connectivity index (χ0v) is 14.5. The molecular weight excluding hydrogens is 324 g/mol. The molecule has 4 nitrogen and oxygen atoms in total. The molecule has 1 saturated heterocycles. The molecule has 3 rings (SSSR count). The first kappa shape index (κ1) is 16.8. The van der Waals surface area contributed by atoms with E-state index in [0.29, 0.717) is 11.4 Å². The second-order valence-corrected chi connectivity index (χ2v) is 6.54. The van der Waals surface area contributed by atoms with Gasteiger partial charge in [0.1, 0.15) is 5.75 Å². The zero-order valence-electron chi connectivity index (χ0n) is 13.7. The van der Waals surface area contributed by atoms with Gasteiger partial charge in [0, 0.05) is 29.4 Å². The second kappa shape index (κ2) is 7.24. The molecule has 1 aliphatic rings. The van der Waals surface area contributed by atoms with E-state index in [4.69, 9.17) is 16.3 Å². The molecule has 3 atom stereocenters. The largest absolute Gasteiger partial charge is 0.497 e. The second-order valence-electron chi connectivity index (χ2n) is 6.11. The van der Waals surface area contributed by atoms with E-state index in [1.165, 1.54) is 0 Å². The Morgan fingerprint density at radius 3 is 2.29 bits per heavy atom. The van der Waals surface area contributed by atoms with E-state index in [-0.39, 0.29) is 18.0 Å². The lowest BCUT2D eigenvalue weighted by Gasteiger charge is -2.37. The lowest BCUT2D eigenvalue weighted by Crippen LogP contribution is -2.41. The smallest absolute Gasteiger partial charge is 0.118 e. The summed E-state index contributed by atoms with van der Waals surface area (Å²) >= 11 is 5.99. The predicted molar refractivity (Wildman–Crippen MR) is 96.1 cm³/mol. The van der Waals surface area contributed by atoms with E-state index in [0.717, 1.165) is 22.6 Å². The highest BCUT2D eigenvalue weighted by molar-refractivity contribution is 6.30. The highest BCUT2D eigenvalue weighted by Gasteiger charge is 2.33. The molecular formula is C19H21ClN2O2. The van der Waals surface area contributed by atoms with E-state index in [2.05, 4.69) is 17.4 Å². The summed E-state index contributed by atoms with van der Waals surface area (Å²) in [7, 11) is 1.66. The fourth-order valence-electron chi connectivity index (χ4n) is 3.24. The molecule has 0 aromatic heterocycles. The molecule has 2 aromatic carbocycles. The maximum Gasteiger partial charge on any atom is 0.118 e. The molecule has 0 spiro atoms. The van der Waals surface area contributed by atoms with Crippen LogP contribution in [0.15, 0.2) is 53.7 Å². The van der Waals surface area contributed by atoms with E-state index in [9.17, 15) is 5.21 Å². The average Bonchev–Trinajstić information content (AvgIpc) is 2.63. The normalized spacial score (nSPS) is 25.6. The highest BCUT2D eigenvalue weighted by Crippen LogP contribution is 2.36. The number of oxime groups is 1. The third-order valence-electron chi connectivity index (χ3n) is 4.70. The molecule has 0 radical (unpaired) electrons. The van der Waals surface area contributed by atoms with Crippen molar-refractivity contribution in [3.05, 3.63) is 64.7 Å². The Hall–Kier alpha value is -2.04. The first-order chi connectivity index (χ1) is 11.6. The van der Waals surface area contributed by atoms with Crippen LogP contribution in [0.3, 0.4) is 0 Å². The number of benzene rings is 2. The molecule has 0 saturated carbocycles. The average molecular weight is 345 g/mol. The predicted octanol–water partition coefficient (Wildman–Crippen LogP) is 4.59. The van der Waals surface area contributed by atoms with Gasteiger partial charge in [0.05, 0.1) is 12.8 Å². The van der Waals surface area contributed by atoms with Crippen molar-refractivity contribution >= 4 is 17.3 Å². The number of nitrogens with one attached hydrogen (secondary N) is 1. The summed E-state index contributed by atoms with van der Waals surface area (Å²) in [5.41, 5.74) is 3.07. The molecule has 0 amide bonds. The summed E-state index contributed by atoms with van der Waals surface area (Å²) in [5, 5.41) is 17.4. The molecule has 3 unspecified atom stereocenters. The SMILES string of the molecule is COc1ccc(C2NC(c3ccc(Cl)cc3)C/C(=N\O)C2C)cc1. The number of nitrogens with zero attached hydrogens (tertiary/aromatic N) is 1. The van der Waals surface area contributed by atoms with Crippen LogP contribution in [0.5, 0.6) is 5.75 Å². The summed E-state index contributed by atoms with van der Waals surface area (Å²) < 4.78 is 5.23. The van der Waals surface area contributed by atoms with Gasteiger partial charge in [0.2, 0.25) is 0 Å². The van der Waals surface area contributed by atoms with Crippen molar-refractivity contribution in [2.75, 3.05) is 7.11 Å². The quantitative estimate of drug-likeness (QED) is 0.632. The van der Waals surface area contributed by atoms with E-state index in [1.54, 1.807) is 7.11 Å². The Bertz CT molecular complexity index is 713. The van der Waals surface area contributed by atoms with Crippen molar-refractivity contribution in [1.82, 2.24) is 5.32 Å². The summed E-state index contributed by atoms with van der Waals surface area (Å²) in [5.74, 6) is 0.930. The molecule has 1 heterocycles. The number of rotatable bonds is 3. The lowest BCUT2D eigenvalue weighted by atomic mass is 9.81. The summed E-state index contributed by atoms with van der Waals surface area (Å²) in [6, 6.07) is 15.9. The Balaban J connectivity index is 1.90. The van der Waals surface area contributed by atoms with Gasteiger partial charge in [-0.1, -0.05) is 47.9 Å². The lowest BCUT2D eigenvalue weighted by molar-refractivity contribution is 0.294. The summed E-state index contributed by atoms with van der Waals surface area (Å²) in [6.45, 7) is 2.08. The van der Waals surface area contributed by atoms with Gasteiger partial charge >= 0.3 is 0 Å². The molecule has 24 heavy (non-hydrogen) atoms. The van der Waals surface area contributed by atoms with Crippen LogP contribution in [0.2, 0.25) is 5.02 Å². The summed E-state index contributed by atoms with van der Waals surface area (Å²) in [4.78, 5) is 0. The van der Waals surface area contributed by atoms with E-state index >= 15 is 0 Å². The van der Waals surface area contributed by atoms with Crippen molar-refractivity contribution in [2.24, 2.45) is 11.1 Å². The molecule has 2 N–H and O–H groups in total. The first-order valence-electron chi connectivity index (χ1n) is 7.98. The fraction of sp³-hybridized carbons (Fsp3) is 0.316. The Kier molecular flexibility index (Phi) is 5.07. The number of halogens is 1. The van der Waals surface area contributed by atoms with Gasteiger partial charge in [-0.05, 0) is 35.4 Å². The van der Waals surface area contributed by atoms with Gasteiger partial charge in [-0.15, -0.1) is 0 Å². The van der Waals surface area contributed by atoms with Crippen LogP contribution in [0.4, 0.5) is 0 Å². The number of hydrogen-bond acceptors (Lipinski definition) is 4. The topological polar surface area (TPSA) is 53.8 Å². The minimum absolute atomic E-state index is 0.0660. The molecule has 1 fully saturated rings. The molecule has 1 aliphatic heterocycles. The van der Waals surface area contributed by atoms with Crippen molar-refractivity contribution in [3.8, 4) is 5.75 Å². The third kappa shape index (κ3) is 3.40. The van der Waals surface area contributed by atoms with Gasteiger partial charge in [0.25, 0.3) is 0 Å². The maximum absolute atomic E-state index is 9.44. The number of hydrogen-bond donors (Lipinski definition) is 2. The van der Waals surface area contributed by atoms with Crippen LogP contribution < -0.4 is 10.1 Å². The van der Waals surface area contributed by atoms with Crippen LogP contribution in [0, 0.1) is 5.92 Å². The van der Waals surface area contributed by atoms with Gasteiger partial charge < -0.3 is 15.3 Å². The zero-order chi connectivity index (χ0) is 17.1. The molecule has 126 valence electrons. The fourth-order valence-corrected chi connectivity index (χ4v) is 3.37. The minimum Gasteiger partial charge on any atom is -0.497 e. The highest BCUT2D eigenvalue weighted by atomic mass is 35.5. The molecule has 5 heteroatoms. The standard InChI is InChI=1S/C19H21ClN2O2/c1-12-17(22-23)11-18(13-3-7-15(20)8-4-13)21-19(12)14-5-9-16(24-2)10-6-14/h3-10,12,18-19,21,23H,11H2,1-2H3/b22-17+. The van der Waals surface area contributed by atoms with Gasteiger partial charge in [-0.3, -0.25) is 0 Å². The van der Waals surface area contributed by atoms with Gasteiger partial charge in [-0.25, -0.2) is 0 Å². The third-order valence-corrected chi connectivity index (χ3v) is 4.95. The van der Waals surface area contributed by atoms with Crippen LogP contribution in [0.1, 0.15) is 36.6 Å². The van der Waals surface area contributed by atoms with Crippen LogP contribution >= 0.6 is 11.6 Å². The minimum atomic E-state index is 0.0660. The molecule has 2 aromatic rings. The summed E-state index contributed by atoms with van der Waals surface area (Å²) in [6.07, 6.45) is 0.673. The number of methoxy groups -OCH3 is 1. The van der Waals surface area contributed by atoms with Crippen molar-refractivity contribution in [2.45, 2.75) is 25.4 Å². The van der Waals surface area contributed by atoms with Crippen molar-refractivity contribution in [3.63, 3.8) is 0 Å². The van der Waals surface area contributed by atoms with Crippen molar-refractivity contribution < 1.29 is 9.94 Å². The Morgan fingerprint density at radius 1 is 1.08 bits per heavy atom. The number of piperidine rings is 1. The molecule has 0 bridgehead atoms.